The molecule has 104 valence electrons. The first kappa shape index (κ1) is 16.0. The molecule has 7 heteroatoms. The van der Waals surface area contributed by atoms with E-state index in [-0.39, 0.29) is 5.92 Å². The molecule has 0 aromatic carbocycles. The maximum absolute atomic E-state index is 10.0. The molecular weight excluding hydrogens is 284 g/mol. The average molecular weight is 301 g/mol. The van der Waals surface area contributed by atoms with E-state index in [1.165, 1.54) is 6.20 Å². The maximum Gasteiger partial charge on any atom is 0.171 e. The Morgan fingerprint density at radius 2 is 2.26 bits per heavy atom. The van der Waals surface area contributed by atoms with Gasteiger partial charge in [-0.05, 0) is 31.0 Å². The Bertz CT molecular complexity index is 439. The summed E-state index contributed by atoms with van der Waals surface area (Å²) in [5, 5.41) is 15.6. The molecule has 1 rings (SSSR count). The number of halogens is 1. The third-order valence-corrected chi connectivity index (χ3v) is 3.19. The maximum atomic E-state index is 10.0. The quantitative estimate of drug-likeness (QED) is 0.438. The van der Waals surface area contributed by atoms with Crippen molar-refractivity contribution in [2.24, 2.45) is 10.9 Å². The number of thiocarbonyl (C=S) groups is 1. The van der Waals surface area contributed by atoms with Gasteiger partial charge in [-0.2, -0.15) is 0 Å². The normalized spacial score (nSPS) is 13.4. The Hall–Kier alpha value is -1.07. The van der Waals surface area contributed by atoms with E-state index in [4.69, 9.17) is 11.6 Å². The van der Waals surface area contributed by atoms with Crippen LogP contribution in [0.4, 0.5) is 5.82 Å². The van der Waals surface area contributed by atoms with Crippen molar-refractivity contribution in [3.05, 3.63) is 17.5 Å². The molecule has 1 heterocycles. The molecule has 1 aromatic rings. The molecule has 0 aliphatic heterocycles. The molecule has 0 radical (unpaired) electrons. The second kappa shape index (κ2) is 8.93. The molecule has 5 nitrogen and oxygen atoms in total. The van der Waals surface area contributed by atoms with E-state index < -0.39 is 6.10 Å². The highest BCUT2D eigenvalue weighted by Crippen LogP contribution is 2.16. The van der Waals surface area contributed by atoms with Crippen molar-refractivity contribution in [3.63, 3.8) is 0 Å². The fourth-order valence-corrected chi connectivity index (χ4v) is 1.84. The molecule has 0 saturated heterocycles. The Morgan fingerprint density at radius 1 is 1.53 bits per heavy atom. The zero-order chi connectivity index (χ0) is 14.1. The molecule has 0 saturated carbocycles. The van der Waals surface area contributed by atoms with Crippen LogP contribution in [0.15, 0.2) is 17.4 Å². The fraction of sp³-hybridized carbons (Fsp3) is 0.583. The second-order valence-electron chi connectivity index (χ2n) is 4.24. The predicted molar refractivity (Wildman–Crippen MR) is 79.8 cm³/mol. The molecule has 0 fully saturated rings. The molecule has 2 N–H and O–H groups in total. The molecular formula is C12H17ClN4OS. The van der Waals surface area contributed by atoms with E-state index in [0.717, 1.165) is 12.8 Å². The second-order valence-corrected chi connectivity index (χ2v) is 4.78. The minimum absolute atomic E-state index is 0.156. The zero-order valence-electron chi connectivity index (χ0n) is 10.7. The van der Waals surface area contributed by atoms with Crippen LogP contribution in [-0.4, -0.2) is 39.4 Å². The van der Waals surface area contributed by atoms with Crippen molar-refractivity contribution >= 4 is 34.8 Å². The lowest BCUT2D eigenvalue weighted by Crippen LogP contribution is -2.27. The van der Waals surface area contributed by atoms with Crippen LogP contribution in [0.2, 0.25) is 5.15 Å². The van der Waals surface area contributed by atoms with Crippen LogP contribution in [0.5, 0.6) is 0 Å². The van der Waals surface area contributed by atoms with Gasteiger partial charge in [0.1, 0.15) is 0 Å². The van der Waals surface area contributed by atoms with Gasteiger partial charge in [0.05, 0.1) is 11.3 Å². The number of aromatic nitrogens is 2. The largest absolute Gasteiger partial charge is 0.391 e. The van der Waals surface area contributed by atoms with Gasteiger partial charge in [-0.15, -0.1) is 0 Å². The standard InChI is InChI=1S/C12H17ClN4OS/c1-9(3-2-4-14-8-19)10(18)7-17-12-11(13)15-5-6-16-12/h5-6,9-10,18H,2-4,7H2,1H3,(H,16,17). The number of aliphatic hydroxyl groups is 1. The van der Waals surface area contributed by atoms with Gasteiger partial charge in [0.2, 0.25) is 0 Å². The van der Waals surface area contributed by atoms with Crippen molar-refractivity contribution < 1.29 is 5.11 Å². The first-order chi connectivity index (χ1) is 9.15. The Labute approximate surface area is 123 Å². The number of nitrogens with one attached hydrogen (secondary N) is 1. The van der Waals surface area contributed by atoms with Crippen molar-refractivity contribution in [2.45, 2.75) is 25.9 Å². The summed E-state index contributed by atoms with van der Waals surface area (Å²) >= 11 is 10.3. The van der Waals surface area contributed by atoms with Crippen molar-refractivity contribution in [1.82, 2.24) is 9.97 Å². The summed E-state index contributed by atoms with van der Waals surface area (Å²) in [6.07, 6.45) is 4.34. The smallest absolute Gasteiger partial charge is 0.171 e. The van der Waals surface area contributed by atoms with Crippen molar-refractivity contribution in [3.8, 4) is 0 Å². The summed E-state index contributed by atoms with van der Waals surface area (Å²) in [5.74, 6) is 0.643. The molecule has 0 amide bonds. The van der Waals surface area contributed by atoms with E-state index >= 15 is 0 Å². The number of isothiocyanates is 1. The van der Waals surface area contributed by atoms with Crippen molar-refractivity contribution in [1.29, 1.82) is 0 Å². The molecule has 0 aliphatic rings. The van der Waals surface area contributed by atoms with Gasteiger partial charge in [-0.3, -0.25) is 0 Å². The fourth-order valence-electron chi connectivity index (χ4n) is 1.57. The zero-order valence-corrected chi connectivity index (χ0v) is 12.3. The minimum atomic E-state index is -0.477. The highest BCUT2D eigenvalue weighted by molar-refractivity contribution is 7.78. The number of aliphatic imine (C=N–C) groups is 1. The van der Waals surface area contributed by atoms with Crippen LogP contribution in [0, 0.1) is 5.92 Å². The van der Waals surface area contributed by atoms with Crippen LogP contribution < -0.4 is 5.32 Å². The summed E-state index contributed by atoms with van der Waals surface area (Å²) < 4.78 is 0. The highest BCUT2D eigenvalue weighted by atomic mass is 35.5. The average Bonchev–Trinajstić information content (AvgIpc) is 2.42. The third-order valence-electron chi connectivity index (χ3n) is 2.78. The molecule has 0 aliphatic carbocycles. The summed E-state index contributed by atoms with van der Waals surface area (Å²) in [4.78, 5) is 11.8. The number of hydrogen-bond donors (Lipinski definition) is 2. The van der Waals surface area contributed by atoms with Crippen LogP contribution in [0.25, 0.3) is 0 Å². The summed E-state index contributed by atoms with van der Waals surface area (Å²) in [5.41, 5.74) is 0. The molecule has 1 aromatic heterocycles. The van der Waals surface area contributed by atoms with E-state index in [0.29, 0.717) is 24.1 Å². The number of rotatable bonds is 8. The van der Waals surface area contributed by atoms with E-state index in [1.807, 2.05) is 6.92 Å². The van der Waals surface area contributed by atoms with Gasteiger partial charge in [0.25, 0.3) is 0 Å². The highest BCUT2D eigenvalue weighted by Gasteiger charge is 2.14. The number of hydrogen-bond acceptors (Lipinski definition) is 6. The topological polar surface area (TPSA) is 70.4 Å². The molecule has 19 heavy (non-hydrogen) atoms. The Balaban J connectivity index is 2.32. The van der Waals surface area contributed by atoms with Gasteiger partial charge < -0.3 is 10.4 Å². The molecule has 2 atom stereocenters. The monoisotopic (exact) mass is 300 g/mol. The van der Waals surface area contributed by atoms with Gasteiger partial charge in [0.15, 0.2) is 11.0 Å². The summed E-state index contributed by atoms with van der Waals surface area (Å²) in [7, 11) is 0. The van der Waals surface area contributed by atoms with Crippen molar-refractivity contribution in [2.75, 3.05) is 18.4 Å². The summed E-state index contributed by atoms with van der Waals surface area (Å²) in [6.45, 7) is 3.03. The van der Waals surface area contributed by atoms with Crippen LogP contribution in [-0.2, 0) is 0 Å². The number of aliphatic hydroxyl groups excluding tert-OH is 1. The van der Waals surface area contributed by atoms with Gasteiger partial charge in [0, 0.05) is 25.5 Å². The van der Waals surface area contributed by atoms with E-state index in [2.05, 4.69) is 37.7 Å². The summed E-state index contributed by atoms with van der Waals surface area (Å²) in [6, 6.07) is 0. The SMILES string of the molecule is CC(CCCN=C=S)C(O)CNc1nccnc1Cl. The third kappa shape index (κ3) is 6.07. The predicted octanol–water partition coefficient (Wildman–Crippen LogP) is 2.42. The van der Waals surface area contributed by atoms with Crippen LogP contribution in [0.3, 0.4) is 0 Å². The molecule has 0 spiro atoms. The van der Waals surface area contributed by atoms with E-state index in [1.54, 1.807) is 6.20 Å². The first-order valence-corrected chi connectivity index (χ1v) is 6.86. The molecule has 0 bridgehead atoms. The van der Waals surface area contributed by atoms with Crippen LogP contribution in [0.1, 0.15) is 19.8 Å². The molecule has 2 unspecified atom stereocenters. The number of nitrogens with zero attached hydrogens (tertiary/aromatic N) is 3. The lowest BCUT2D eigenvalue weighted by molar-refractivity contribution is 0.123. The minimum Gasteiger partial charge on any atom is -0.391 e. The Morgan fingerprint density at radius 3 is 2.95 bits per heavy atom. The van der Waals surface area contributed by atoms with Gasteiger partial charge in [-0.25, -0.2) is 15.0 Å². The van der Waals surface area contributed by atoms with Gasteiger partial charge >= 0.3 is 0 Å². The first-order valence-electron chi connectivity index (χ1n) is 6.07. The van der Waals surface area contributed by atoms with Gasteiger partial charge in [-0.1, -0.05) is 18.5 Å². The van der Waals surface area contributed by atoms with E-state index in [9.17, 15) is 5.11 Å². The Kier molecular flexibility index (Phi) is 7.52. The van der Waals surface area contributed by atoms with Crippen LogP contribution >= 0.6 is 23.8 Å². The lowest BCUT2D eigenvalue weighted by atomic mass is 9.99. The lowest BCUT2D eigenvalue weighted by Gasteiger charge is -2.19. The number of anilines is 1.